The van der Waals surface area contributed by atoms with Crippen molar-refractivity contribution in [2.75, 3.05) is 11.9 Å². The topological polar surface area (TPSA) is 71.2 Å². The number of benzene rings is 2. The highest BCUT2D eigenvalue weighted by atomic mass is 32.2. The standard InChI is InChI=1S/C19H18F2N4O2S/c1-13(26)25-16(14-9-5-3-6-10-14)22-23-18(25)28-19(20,21)17(27)24(2)15-11-7-4-8-12-15/h3-12,17,27H,1-2H3. The van der Waals surface area contributed by atoms with E-state index >= 15 is 0 Å². The third kappa shape index (κ3) is 4.05. The molecule has 0 amide bonds. The van der Waals surface area contributed by atoms with Gasteiger partial charge in [-0.2, -0.15) is 8.78 Å². The normalized spacial score (nSPS) is 12.6. The molecule has 0 bridgehead atoms. The molecule has 28 heavy (non-hydrogen) atoms. The Balaban J connectivity index is 1.90. The van der Waals surface area contributed by atoms with E-state index in [1.54, 1.807) is 60.7 Å². The second-order valence-corrected chi connectivity index (χ2v) is 7.12. The molecular formula is C19H18F2N4O2S. The van der Waals surface area contributed by atoms with Crippen molar-refractivity contribution in [3.05, 3.63) is 60.7 Å². The van der Waals surface area contributed by atoms with Gasteiger partial charge in [-0.25, -0.2) is 4.57 Å². The summed E-state index contributed by atoms with van der Waals surface area (Å²) >= 11 is -0.00905. The van der Waals surface area contributed by atoms with E-state index < -0.39 is 17.4 Å². The number of rotatable bonds is 6. The molecule has 146 valence electrons. The van der Waals surface area contributed by atoms with E-state index in [-0.39, 0.29) is 22.7 Å². The summed E-state index contributed by atoms with van der Waals surface area (Å²) in [6, 6.07) is 17.0. The number of aliphatic hydroxyl groups is 1. The minimum Gasteiger partial charge on any atom is -0.367 e. The average Bonchev–Trinajstić information content (AvgIpc) is 3.11. The van der Waals surface area contributed by atoms with Crippen molar-refractivity contribution in [3.8, 4) is 11.4 Å². The quantitative estimate of drug-likeness (QED) is 0.498. The van der Waals surface area contributed by atoms with Gasteiger partial charge in [0.05, 0.1) is 0 Å². The predicted molar refractivity (Wildman–Crippen MR) is 103 cm³/mol. The largest absolute Gasteiger partial charge is 0.367 e. The van der Waals surface area contributed by atoms with Crippen molar-refractivity contribution >= 4 is 23.4 Å². The van der Waals surface area contributed by atoms with Gasteiger partial charge in [-0.15, -0.1) is 10.2 Å². The summed E-state index contributed by atoms with van der Waals surface area (Å²) in [5.74, 6) is -0.342. The molecular weight excluding hydrogens is 386 g/mol. The fourth-order valence-corrected chi connectivity index (χ4v) is 3.49. The number of carbonyl (C=O) groups excluding carboxylic acids is 1. The van der Waals surface area contributed by atoms with Crippen molar-refractivity contribution in [3.63, 3.8) is 0 Å². The maximum absolute atomic E-state index is 14.8. The van der Waals surface area contributed by atoms with Crippen molar-refractivity contribution in [1.82, 2.24) is 14.8 Å². The highest BCUT2D eigenvalue weighted by Crippen LogP contribution is 2.40. The third-order valence-corrected chi connectivity index (χ3v) is 4.97. The maximum atomic E-state index is 14.8. The molecule has 0 aliphatic carbocycles. The van der Waals surface area contributed by atoms with E-state index in [1.165, 1.54) is 14.0 Å². The Morgan fingerprint density at radius 2 is 1.68 bits per heavy atom. The second kappa shape index (κ2) is 8.07. The van der Waals surface area contributed by atoms with Gasteiger partial charge in [0.1, 0.15) is 0 Å². The van der Waals surface area contributed by atoms with E-state index in [0.717, 1.165) is 9.47 Å². The van der Waals surface area contributed by atoms with Gasteiger partial charge >= 0.3 is 5.25 Å². The number of thioether (sulfide) groups is 1. The molecule has 0 fully saturated rings. The van der Waals surface area contributed by atoms with Crippen LogP contribution in [0.15, 0.2) is 65.8 Å². The zero-order valence-electron chi connectivity index (χ0n) is 15.2. The SMILES string of the molecule is CC(=O)n1c(SC(F)(F)C(O)N(C)c2ccccc2)nnc1-c1ccccc1. The number of aliphatic hydroxyl groups excluding tert-OH is 1. The molecule has 0 saturated heterocycles. The molecule has 6 nitrogen and oxygen atoms in total. The van der Waals surface area contributed by atoms with Crippen LogP contribution in [0, 0.1) is 0 Å². The highest BCUT2D eigenvalue weighted by molar-refractivity contribution is 8.00. The maximum Gasteiger partial charge on any atom is 0.344 e. The van der Waals surface area contributed by atoms with E-state index in [2.05, 4.69) is 10.2 Å². The lowest BCUT2D eigenvalue weighted by molar-refractivity contribution is -0.0324. The summed E-state index contributed by atoms with van der Waals surface area (Å²) in [7, 11) is 1.36. The van der Waals surface area contributed by atoms with E-state index in [1.807, 2.05) is 0 Å². The number of anilines is 1. The van der Waals surface area contributed by atoms with Gasteiger partial charge in [0.25, 0.3) is 0 Å². The van der Waals surface area contributed by atoms with Crippen LogP contribution in [0.1, 0.15) is 11.7 Å². The third-order valence-electron chi connectivity index (χ3n) is 4.04. The van der Waals surface area contributed by atoms with Crippen LogP contribution in [0.2, 0.25) is 0 Å². The van der Waals surface area contributed by atoms with Crippen molar-refractivity contribution in [1.29, 1.82) is 0 Å². The first-order valence-electron chi connectivity index (χ1n) is 8.36. The molecule has 1 aromatic heterocycles. The Hall–Kier alpha value is -2.78. The summed E-state index contributed by atoms with van der Waals surface area (Å²) < 4.78 is 30.6. The fraction of sp³-hybridized carbons (Fsp3) is 0.211. The van der Waals surface area contributed by atoms with Gasteiger partial charge in [-0.3, -0.25) is 4.79 Å². The van der Waals surface area contributed by atoms with E-state index in [9.17, 15) is 18.7 Å². The first-order chi connectivity index (χ1) is 13.3. The molecule has 3 aromatic rings. The first-order valence-corrected chi connectivity index (χ1v) is 9.17. The molecule has 0 aliphatic heterocycles. The highest BCUT2D eigenvalue weighted by Gasteiger charge is 2.44. The number of halogens is 2. The Morgan fingerprint density at radius 1 is 1.11 bits per heavy atom. The molecule has 2 aromatic carbocycles. The van der Waals surface area contributed by atoms with Crippen LogP contribution in [0.5, 0.6) is 0 Å². The molecule has 0 spiro atoms. The zero-order valence-corrected chi connectivity index (χ0v) is 16.0. The lowest BCUT2D eigenvalue weighted by Gasteiger charge is -2.30. The first kappa shape index (κ1) is 20.0. The van der Waals surface area contributed by atoms with Gasteiger partial charge in [0.15, 0.2) is 5.82 Å². The van der Waals surface area contributed by atoms with Crippen LogP contribution in [0.4, 0.5) is 14.5 Å². The van der Waals surface area contributed by atoms with Crippen molar-refractivity contribution in [2.24, 2.45) is 0 Å². The van der Waals surface area contributed by atoms with Gasteiger partial charge < -0.3 is 10.0 Å². The number of nitrogens with zero attached hydrogens (tertiary/aromatic N) is 4. The summed E-state index contributed by atoms with van der Waals surface area (Å²) in [6.45, 7) is 1.24. The van der Waals surface area contributed by atoms with Crippen LogP contribution < -0.4 is 4.90 Å². The molecule has 3 rings (SSSR count). The molecule has 0 saturated carbocycles. The van der Waals surface area contributed by atoms with Crippen molar-refractivity contribution < 1.29 is 18.7 Å². The molecule has 9 heteroatoms. The Labute approximate surface area is 164 Å². The van der Waals surface area contributed by atoms with Gasteiger partial charge in [-0.1, -0.05) is 48.5 Å². The molecule has 0 aliphatic rings. The lowest BCUT2D eigenvalue weighted by Crippen LogP contribution is -2.44. The van der Waals surface area contributed by atoms with Gasteiger partial charge in [-0.05, 0) is 23.9 Å². The predicted octanol–water partition coefficient (Wildman–Crippen LogP) is 3.74. The monoisotopic (exact) mass is 404 g/mol. The number of alkyl halides is 2. The smallest absolute Gasteiger partial charge is 0.344 e. The van der Waals surface area contributed by atoms with E-state index in [0.29, 0.717) is 11.3 Å². The van der Waals surface area contributed by atoms with Crippen LogP contribution >= 0.6 is 11.8 Å². The average molecular weight is 404 g/mol. The number of para-hydroxylation sites is 1. The summed E-state index contributed by atoms with van der Waals surface area (Å²) in [5, 5.41) is 13.9. The number of hydrogen-bond acceptors (Lipinski definition) is 6. The minimum atomic E-state index is -3.65. The molecule has 1 atom stereocenters. The van der Waals surface area contributed by atoms with Crippen LogP contribution in [0.3, 0.4) is 0 Å². The zero-order chi connectivity index (χ0) is 20.3. The van der Waals surface area contributed by atoms with Crippen LogP contribution in [-0.4, -0.2) is 44.3 Å². The Kier molecular flexibility index (Phi) is 5.76. The van der Waals surface area contributed by atoms with Crippen molar-refractivity contribution in [2.45, 2.75) is 23.6 Å². The fourth-order valence-electron chi connectivity index (χ4n) is 2.60. The second-order valence-electron chi connectivity index (χ2n) is 6.01. The summed E-state index contributed by atoms with van der Waals surface area (Å²) in [4.78, 5) is 13.1. The van der Waals surface area contributed by atoms with Gasteiger partial charge in [0, 0.05) is 25.2 Å². The summed E-state index contributed by atoms with van der Waals surface area (Å²) in [5.41, 5.74) is 0.996. The van der Waals surface area contributed by atoms with Crippen LogP contribution in [-0.2, 0) is 0 Å². The van der Waals surface area contributed by atoms with E-state index in [4.69, 9.17) is 0 Å². The number of aromatic nitrogens is 3. The Morgan fingerprint density at radius 3 is 2.25 bits per heavy atom. The Bertz CT molecular complexity index is 951. The molecule has 1 unspecified atom stereocenters. The van der Waals surface area contributed by atoms with Crippen LogP contribution in [0.25, 0.3) is 11.4 Å². The van der Waals surface area contributed by atoms with Gasteiger partial charge in [0.2, 0.25) is 17.3 Å². The molecule has 0 radical (unpaired) electrons. The lowest BCUT2D eigenvalue weighted by atomic mass is 10.2. The molecule has 1 heterocycles. The number of hydrogen-bond donors (Lipinski definition) is 1. The summed E-state index contributed by atoms with van der Waals surface area (Å²) in [6.07, 6.45) is -2.14. The molecule has 1 N–H and O–H groups in total. The number of carbonyl (C=O) groups is 1. The minimum absolute atomic E-state index is 0.00905.